The Balaban J connectivity index is 0.000000388. The lowest BCUT2D eigenvalue weighted by atomic mass is 10.1. The lowest BCUT2D eigenvalue weighted by molar-refractivity contribution is -0.139. The fourth-order valence-corrected chi connectivity index (χ4v) is 3.69. The number of piperidine rings is 1. The van der Waals surface area contributed by atoms with Crippen LogP contribution in [0.4, 0.5) is 35.0 Å². The number of fused-ring (bicyclic) bond motifs is 1. The van der Waals surface area contributed by atoms with E-state index in [1.807, 2.05) is 52.1 Å². The number of likely N-dealkylation sites (tertiary alicyclic amines) is 1. The summed E-state index contributed by atoms with van der Waals surface area (Å²) in [5, 5.41) is 15.3. The van der Waals surface area contributed by atoms with Crippen molar-refractivity contribution >= 4 is 28.9 Å². The normalized spacial score (nSPS) is 14.0. The van der Waals surface area contributed by atoms with Crippen LogP contribution in [0.1, 0.15) is 59.6 Å². The van der Waals surface area contributed by atoms with Crippen molar-refractivity contribution in [2.24, 2.45) is 10.2 Å². The van der Waals surface area contributed by atoms with Crippen LogP contribution in [0.2, 0.25) is 0 Å². The van der Waals surface area contributed by atoms with Gasteiger partial charge in [0.25, 0.3) is 5.92 Å². The third-order valence-electron chi connectivity index (χ3n) is 5.56. The van der Waals surface area contributed by atoms with Crippen molar-refractivity contribution in [2.75, 3.05) is 37.7 Å². The van der Waals surface area contributed by atoms with E-state index in [0.717, 1.165) is 34.7 Å². The van der Waals surface area contributed by atoms with Crippen molar-refractivity contribution in [1.82, 2.24) is 24.5 Å². The van der Waals surface area contributed by atoms with Crippen LogP contribution in [0.3, 0.4) is 0 Å². The Bertz CT molecular complexity index is 1270. The van der Waals surface area contributed by atoms with Gasteiger partial charge >= 0.3 is 0 Å². The molecule has 0 atom stereocenters. The molecule has 10 nitrogen and oxygen atoms in total. The number of rotatable bonds is 5. The van der Waals surface area contributed by atoms with Crippen LogP contribution in [-0.2, 0) is 4.79 Å². The fraction of sp³-hybridized carbons (Fsp3) is 0.556. The molecule has 0 saturated carbocycles. The van der Waals surface area contributed by atoms with Gasteiger partial charge < -0.3 is 16.0 Å². The van der Waals surface area contributed by atoms with Crippen molar-refractivity contribution in [2.45, 2.75) is 73.2 Å². The van der Waals surface area contributed by atoms with E-state index in [-0.39, 0.29) is 24.7 Å². The van der Waals surface area contributed by atoms with E-state index in [1.165, 1.54) is 18.7 Å². The van der Waals surface area contributed by atoms with E-state index in [9.17, 15) is 22.4 Å². The number of hydrogen-bond acceptors (Lipinski definition) is 8. The van der Waals surface area contributed by atoms with Gasteiger partial charge in [-0.25, -0.2) is 22.1 Å². The smallest absolute Gasteiger partial charge is 0.265 e. The highest BCUT2D eigenvalue weighted by atomic mass is 19.3. The van der Waals surface area contributed by atoms with Crippen LogP contribution >= 0.6 is 0 Å². The number of pyridine rings is 1. The first-order chi connectivity index (χ1) is 19.4. The van der Waals surface area contributed by atoms with Gasteiger partial charge in [-0.05, 0) is 38.5 Å². The third kappa shape index (κ3) is 10.9. The van der Waals surface area contributed by atoms with Crippen LogP contribution < -0.4 is 11.1 Å². The largest absolute Gasteiger partial charge is 0.368 e. The second-order valence-electron chi connectivity index (χ2n) is 8.67. The van der Waals surface area contributed by atoms with Gasteiger partial charge in [-0.15, -0.1) is 5.10 Å². The number of carbonyl (C=O) groups excluding carboxylic acids is 1. The Labute approximate surface area is 238 Å². The molecule has 3 N–H and O–H groups in total. The second-order valence-corrected chi connectivity index (χ2v) is 8.67. The summed E-state index contributed by atoms with van der Waals surface area (Å²) in [6.45, 7) is 11.5. The van der Waals surface area contributed by atoms with Gasteiger partial charge in [-0.1, -0.05) is 20.8 Å². The van der Waals surface area contributed by atoms with Crippen LogP contribution in [0.15, 0.2) is 34.6 Å². The minimum Gasteiger partial charge on any atom is -0.368 e. The van der Waals surface area contributed by atoms with Crippen LogP contribution in [0, 0.1) is 6.92 Å². The van der Waals surface area contributed by atoms with Crippen LogP contribution in [0.25, 0.3) is 16.8 Å². The number of nitrogen functional groups attached to an aromatic ring is 1. The summed E-state index contributed by atoms with van der Waals surface area (Å²) in [5.74, 6) is -2.01. The summed E-state index contributed by atoms with van der Waals surface area (Å²) in [6, 6.07) is 5.77. The van der Waals surface area contributed by atoms with Gasteiger partial charge in [-0.2, -0.15) is 15.2 Å². The molecule has 4 heterocycles. The van der Waals surface area contributed by atoms with E-state index in [0.29, 0.717) is 18.8 Å². The molecular weight excluding hydrogens is 542 g/mol. The van der Waals surface area contributed by atoms with E-state index >= 15 is 0 Å². The standard InChI is InChI=1S/C15H18N8.C7H11F2NO.C3H6F2.C2H6/c1-4-18-14-13-10(7-8-23(13)22-15(16)20-14)12-6-5-11(21-17-3)9(2)19-12;1-6(11)10-4-2-3-7(8,9)5-10;1-2-3(4)5;1-2/h5-8H,4H2,1-3H3,(H3,16,18,20,22);2-5H2,1H3;3H,2H2,1H3;1-2H3. The molecule has 228 valence electrons. The zero-order valence-electron chi connectivity index (χ0n) is 24.8. The van der Waals surface area contributed by atoms with E-state index in [1.54, 1.807) is 11.6 Å². The molecule has 3 aromatic heterocycles. The molecule has 1 fully saturated rings. The number of halogens is 4. The molecular formula is C27H41F4N9O. The molecule has 4 rings (SSSR count). The van der Waals surface area contributed by atoms with Gasteiger partial charge in [0.15, 0.2) is 5.82 Å². The van der Waals surface area contributed by atoms with Crippen molar-refractivity contribution in [3.8, 4) is 11.3 Å². The Hall–Kier alpha value is -3.84. The first-order valence-electron chi connectivity index (χ1n) is 13.5. The fourth-order valence-electron chi connectivity index (χ4n) is 3.69. The lowest BCUT2D eigenvalue weighted by Crippen LogP contribution is -2.44. The molecule has 14 heteroatoms. The molecule has 0 spiro atoms. The molecule has 1 amide bonds. The third-order valence-corrected chi connectivity index (χ3v) is 5.56. The molecule has 0 aromatic carbocycles. The molecule has 0 bridgehead atoms. The van der Waals surface area contributed by atoms with Gasteiger partial charge in [-0.3, -0.25) is 9.78 Å². The Morgan fingerprint density at radius 2 is 1.85 bits per heavy atom. The first-order valence-corrected chi connectivity index (χ1v) is 13.5. The maximum absolute atomic E-state index is 12.6. The summed E-state index contributed by atoms with van der Waals surface area (Å²) >= 11 is 0. The summed E-state index contributed by atoms with van der Waals surface area (Å²) < 4.78 is 48.5. The number of azo groups is 1. The number of nitrogens with zero attached hydrogens (tertiary/aromatic N) is 7. The Kier molecular flexibility index (Phi) is 14.7. The minimum absolute atomic E-state index is 0.0278. The predicted octanol–water partition coefficient (Wildman–Crippen LogP) is 6.78. The number of nitrogens with one attached hydrogen (secondary N) is 1. The quantitative estimate of drug-likeness (QED) is 0.252. The van der Waals surface area contributed by atoms with Gasteiger partial charge in [0.1, 0.15) is 11.2 Å². The number of amides is 1. The van der Waals surface area contributed by atoms with E-state index in [4.69, 9.17) is 5.73 Å². The summed E-state index contributed by atoms with van der Waals surface area (Å²) in [7, 11) is 1.64. The highest BCUT2D eigenvalue weighted by molar-refractivity contribution is 5.87. The molecule has 1 saturated heterocycles. The molecule has 41 heavy (non-hydrogen) atoms. The van der Waals surface area contributed by atoms with E-state index < -0.39 is 18.9 Å². The van der Waals surface area contributed by atoms with Crippen LogP contribution in [-0.4, -0.2) is 69.4 Å². The minimum atomic E-state index is -2.66. The topological polar surface area (TPSA) is 126 Å². The summed E-state index contributed by atoms with van der Waals surface area (Å²) in [5.41, 5.74) is 9.94. The van der Waals surface area contributed by atoms with Crippen molar-refractivity contribution in [1.29, 1.82) is 0 Å². The number of nitrogens with two attached hydrogens (primary N) is 1. The molecule has 1 aliphatic rings. The summed E-state index contributed by atoms with van der Waals surface area (Å²) in [4.78, 5) is 20.8. The van der Waals surface area contributed by atoms with Crippen molar-refractivity contribution < 1.29 is 22.4 Å². The average Bonchev–Trinajstić information content (AvgIpc) is 3.35. The van der Waals surface area contributed by atoms with Crippen molar-refractivity contribution in [3.63, 3.8) is 0 Å². The van der Waals surface area contributed by atoms with Gasteiger partial charge in [0.2, 0.25) is 18.3 Å². The molecule has 0 unspecified atom stereocenters. The Morgan fingerprint density at radius 3 is 2.34 bits per heavy atom. The maximum atomic E-state index is 12.6. The van der Waals surface area contributed by atoms with E-state index in [2.05, 4.69) is 30.6 Å². The Morgan fingerprint density at radius 1 is 1.20 bits per heavy atom. The number of hydrogen-bond donors (Lipinski definition) is 2. The predicted molar refractivity (Wildman–Crippen MR) is 154 cm³/mol. The maximum Gasteiger partial charge on any atom is 0.265 e. The van der Waals surface area contributed by atoms with Gasteiger partial charge in [0, 0.05) is 51.7 Å². The van der Waals surface area contributed by atoms with Crippen LogP contribution in [0.5, 0.6) is 0 Å². The molecule has 1 aliphatic heterocycles. The number of aryl methyl sites for hydroxylation is 1. The number of aromatic nitrogens is 4. The molecule has 0 radical (unpaired) electrons. The highest BCUT2D eigenvalue weighted by Crippen LogP contribution is 2.31. The van der Waals surface area contributed by atoms with Gasteiger partial charge in [0.05, 0.1) is 17.9 Å². The zero-order chi connectivity index (χ0) is 31.2. The zero-order valence-corrected chi connectivity index (χ0v) is 24.8. The number of alkyl halides is 4. The van der Waals surface area contributed by atoms with Crippen molar-refractivity contribution in [3.05, 3.63) is 30.1 Å². The average molecular weight is 584 g/mol. The molecule has 3 aromatic rings. The SMILES string of the molecule is CC.CC(=O)N1CCCC(F)(F)C1.CCC(F)F.CCNc1nc(N)nn2ccc(-c3ccc(N=NC)c(C)n3)c12. The summed E-state index contributed by atoms with van der Waals surface area (Å²) in [6.07, 6.45) is 0.0267. The highest BCUT2D eigenvalue weighted by Gasteiger charge is 2.35. The molecule has 0 aliphatic carbocycles. The lowest BCUT2D eigenvalue weighted by Gasteiger charge is -2.31. The first kappa shape index (κ1) is 35.2. The monoisotopic (exact) mass is 583 g/mol. The number of carbonyl (C=O) groups is 1. The number of anilines is 2. The second kappa shape index (κ2) is 17.1.